The summed E-state index contributed by atoms with van der Waals surface area (Å²) < 4.78 is 11.4. The predicted octanol–water partition coefficient (Wildman–Crippen LogP) is 3.80. The van der Waals surface area contributed by atoms with Crippen molar-refractivity contribution in [2.45, 2.75) is 46.6 Å². The van der Waals surface area contributed by atoms with Crippen LogP contribution >= 0.6 is 0 Å². The zero-order valence-electron chi connectivity index (χ0n) is 12.5. The minimum Gasteiger partial charge on any atom is -0.464 e. The van der Waals surface area contributed by atoms with Crippen LogP contribution in [0.3, 0.4) is 0 Å². The summed E-state index contributed by atoms with van der Waals surface area (Å²) in [7, 11) is 0. The molecule has 0 saturated heterocycles. The fourth-order valence-electron chi connectivity index (χ4n) is 1.99. The molecule has 1 aromatic heterocycles. The fourth-order valence-corrected chi connectivity index (χ4v) is 1.99. The number of hydrogen-bond acceptors (Lipinski definition) is 3. The molecule has 3 nitrogen and oxygen atoms in total. The van der Waals surface area contributed by atoms with Crippen LogP contribution in [0, 0.1) is 6.92 Å². The molecule has 2 rings (SSSR count). The highest BCUT2D eigenvalue weighted by Gasteiger charge is 2.08. The summed E-state index contributed by atoms with van der Waals surface area (Å²) in [6.45, 7) is 8.24. The number of furan rings is 1. The first-order valence-electron chi connectivity index (χ1n) is 7.08. The van der Waals surface area contributed by atoms with E-state index < -0.39 is 0 Å². The van der Waals surface area contributed by atoms with Gasteiger partial charge in [0, 0.05) is 18.2 Å². The largest absolute Gasteiger partial charge is 0.464 e. The first kappa shape index (κ1) is 14.8. The Kier molecular flexibility index (Phi) is 5.39. The minimum atomic E-state index is 0.474. The molecule has 0 bridgehead atoms. The van der Waals surface area contributed by atoms with Gasteiger partial charge in [0.2, 0.25) is 0 Å². The van der Waals surface area contributed by atoms with Gasteiger partial charge in [-0.15, -0.1) is 0 Å². The highest BCUT2D eigenvalue weighted by molar-refractivity contribution is 5.20. The Hall–Kier alpha value is -1.58. The van der Waals surface area contributed by atoms with E-state index in [2.05, 4.69) is 37.4 Å². The van der Waals surface area contributed by atoms with Gasteiger partial charge in [-0.2, -0.15) is 0 Å². The molecule has 0 unspecified atom stereocenters. The highest BCUT2D eigenvalue weighted by atomic mass is 16.5. The molecule has 0 aliphatic rings. The molecule has 2 aromatic rings. The smallest absolute Gasteiger partial charge is 0.130 e. The molecule has 3 heteroatoms. The lowest BCUT2D eigenvalue weighted by molar-refractivity contribution is 0.0923. The monoisotopic (exact) mass is 273 g/mol. The molecule has 1 heterocycles. The Morgan fingerprint density at radius 3 is 2.60 bits per heavy atom. The Balaban J connectivity index is 1.83. The second-order valence-electron chi connectivity index (χ2n) is 5.31. The van der Waals surface area contributed by atoms with Gasteiger partial charge in [0.15, 0.2) is 0 Å². The lowest BCUT2D eigenvalue weighted by Gasteiger charge is -2.06. The second kappa shape index (κ2) is 7.27. The van der Waals surface area contributed by atoms with Gasteiger partial charge in [0.25, 0.3) is 0 Å². The topological polar surface area (TPSA) is 34.4 Å². The number of ether oxygens (including phenoxy) is 1. The van der Waals surface area contributed by atoms with Crippen LogP contribution in [0.25, 0.3) is 0 Å². The van der Waals surface area contributed by atoms with Crippen LogP contribution in [0.4, 0.5) is 0 Å². The Morgan fingerprint density at radius 2 is 1.90 bits per heavy atom. The van der Waals surface area contributed by atoms with Crippen molar-refractivity contribution in [3.05, 3.63) is 59.0 Å². The maximum Gasteiger partial charge on any atom is 0.130 e. The van der Waals surface area contributed by atoms with Gasteiger partial charge in [0.1, 0.15) is 18.1 Å². The van der Waals surface area contributed by atoms with Crippen molar-refractivity contribution in [2.24, 2.45) is 0 Å². The van der Waals surface area contributed by atoms with E-state index in [0.29, 0.717) is 19.3 Å². The number of aryl methyl sites for hydroxylation is 1. The Bertz CT molecular complexity index is 517. The molecule has 108 valence electrons. The van der Waals surface area contributed by atoms with Crippen LogP contribution in [0.15, 0.2) is 40.8 Å². The third-order valence-corrected chi connectivity index (χ3v) is 3.13. The average Bonchev–Trinajstić information content (AvgIpc) is 2.78. The molecule has 1 N–H and O–H groups in total. The third-order valence-electron chi connectivity index (χ3n) is 3.13. The van der Waals surface area contributed by atoms with Crippen LogP contribution in [-0.4, -0.2) is 6.04 Å². The molecular weight excluding hydrogens is 250 g/mol. The van der Waals surface area contributed by atoms with E-state index in [9.17, 15) is 0 Å². The van der Waals surface area contributed by atoms with Crippen molar-refractivity contribution in [1.29, 1.82) is 0 Å². The molecule has 0 fully saturated rings. The third kappa shape index (κ3) is 4.51. The molecule has 0 radical (unpaired) electrons. The van der Waals surface area contributed by atoms with Crippen molar-refractivity contribution in [1.82, 2.24) is 5.32 Å². The Labute approximate surface area is 121 Å². The van der Waals surface area contributed by atoms with Gasteiger partial charge >= 0.3 is 0 Å². The summed E-state index contributed by atoms with van der Waals surface area (Å²) in [6.07, 6.45) is 0. The Morgan fingerprint density at radius 1 is 1.15 bits per heavy atom. The van der Waals surface area contributed by atoms with Gasteiger partial charge in [-0.3, -0.25) is 0 Å². The summed E-state index contributed by atoms with van der Waals surface area (Å²) in [6, 6.07) is 12.7. The average molecular weight is 273 g/mol. The van der Waals surface area contributed by atoms with Crippen LogP contribution in [-0.2, 0) is 24.5 Å². The van der Waals surface area contributed by atoms with Crippen molar-refractivity contribution >= 4 is 0 Å². The normalized spacial score (nSPS) is 11.2. The molecule has 1 aromatic carbocycles. The molecule has 0 amide bonds. The van der Waals surface area contributed by atoms with Gasteiger partial charge < -0.3 is 14.5 Å². The SMILES string of the molecule is Cc1oc(COCc2ccccc2)cc1CNC(C)C. The number of rotatable bonds is 7. The van der Waals surface area contributed by atoms with E-state index in [1.54, 1.807) is 0 Å². The number of hydrogen-bond donors (Lipinski definition) is 1. The molecule has 20 heavy (non-hydrogen) atoms. The quantitative estimate of drug-likeness (QED) is 0.833. The molecule has 0 spiro atoms. The van der Waals surface area contributed by atoms with Crippen LogP contribution < -0.4 is 5.32 Å². The molecular formula is C17H23NO2. The van der Waals surface area contributed by atoms with Crippen molar-refractivity contribution in [2.75, 3.05) is 0 Å². The zero-order chi connectivity index (χ0) is 14.4. The van der Waals surface area contributed by atoms with Crippen molar-refractivity contribution in [3.8, 4) is 0 Å². The highest BCUT2D eigenvalue weighted by Crippen LogP contribution is 2.16. The number of nitrogens with one attached hydrogen (secondary N) is 1. The maximum absolute atomic E-state index is 5.72. The van der Waals surface area contributed by atoms with Crippen LogP contribution in [0.5, 0.6) is 0 Å². The van der Waals surface area contributed by atoms with Crippen molar-refractivity contribution < 1.29 is 9.15 Å². The van der Waals surface area contributed by atoms with Gasteiger partial charge in [0.05, 0.1) is 6.61 Å². The van der Waals surface area contributed by atoms with E-state index >= 15 is 0 Å². The standard InChI is InChI=1S/C17H23NO2/c1-13(2)18-10-16-9-17(20-14(16)3)12-19-11-15-7-5-4-6-8-15/h4-9,13,18H,10-12H2,1-3H3. The molecule has 0 atom stereocenters. The molecule has 0 aliphatic heterocycles. The van der Waals surface area contributed by atoms with Gasteiger partial charge in [-0.25, -0.2) is 0 Å². The maximum atomic E-state index is 5.72. The molecule has 0 aliphatic carbocycles. The van der Waals surface area contributed by atoms with Crippen molar-refractivity contribution in [3.63, 3.8) is 0 Å². The minimum absolute atomic E-state index is 0.474. The first-order chi connectivity index (χ1) is 9.65. The summed E-state index contributed by atoms with van der Waals surface area (Å²) in [5, 5.41) is 3.40. The van der Waals surface area contributed by atoms with E-state index in [4.69, 9.17) is 9.15 Å². The van der Waals surface area contributed by atoms with Gasteiger partial charge in [-0.05, 0) is 18.6 Å². The van der Waals surface area contributed by atoms with E-state index in [0.717, 1.165) is 18.1 Å². The van der Waals surface area contributed by atoms with Crippen LogP contribution in [0.1, 0.15) is 36.5 Å². The zero-order valence-corrected chi connectivity index (χ0v) is 12.5. The summed E-state index contributed by atoms with van der Waals surface area (Å²) in [4.78, 5) is 0. The summed E-state index contributed by atoms with van der Waals surface area (Å²) >= 11 is 0. The van der Waals surface area contributed by atoms with E-state index in [1.807, 2.05) is 25.1 Å². The van der Waals surface area contributed by atoms with E-state index in [-0.39, 0.29) is 0 Å². The van der Waals surface area contributed by atoms with Crippen LogP contribution in [0.2, 0.25) is 0 Å². The van der Waals surface area contributed by atoms with Gasteiger partial charge in [-0.1, -0.05) is 44.2 Å². The fraction of sp³-hybridized carbons (Fsp3) is 0.412. The molecule has 0 saturated carbocycles. The first-order valence-corrected chi connectivity index (χ1v) is 7.08. The second-order valence-corrected chi connectivity index (χ2v) is 5.31. The summed E-state index contributed by atoms with van der Waals surface area (Å²) in [5.41, 5.74) is 2.38. The predicted molar refractivity (Wildman–Crippen MR) is 80.4 cm³/mol. The lowest BCUT2D eigenvalue weighted by Crippen LogP contribution is -2.21. The number of benzene rings is 1. The summed E-state index contributed by atoms with van der Waals surface area (Å²) in [5.74, 6) is 1.86. The van der Waals surface area contributed by atoms with E-state index in [1.165, 1.54) is 11.1 Å². The lowest BCUT2D eigenvalue weighted by atomic mass is 10.2.